The number of benzene rings is 1. The van der Waals surface area contributed by atoms with E-state index in [1.54, 1.807) is 16.6 Å². The fraction of sp³-hybridized carbons (Fsp3) is 0.389. The van der Waals surface area contributed by atoms with Crippen LogP contribution in [-0.4, -0.2) is 34.3 Å². The SMILES string of the molecule is CCc1cc(NC(=O)NC2CCN(c3ccc(C)cc3)C2=O)n(C)n1. The third-order valence-corrected chi connectivity index (χ3v) is 4.39. The molecule has 7 nitrogen and oxygen atoms in total. The highest BCUT2D eigenvalue weighted by molar-refractivity contribution is 6.02. The van der Waals surface area contributed by atoms with Gasteiger partial charge in [-0.05, 0) is 31.9 Å². The zero-order valence-electron chi connectivity index (χ0n) is 14.7. The Morgan fingerprint density at radius 2 is 2.04 bits per heavy atom. The Kier molecular flexibility index (Phi) is 4.74. The highest BCUT2D eigenvalue weighted by Gasteiger charge is 2.33. The molecule has 1 unspecified atom stereocenters. The summed E-state index contributed by atoms with van der Waals surface area (Å²) in [5.41, 5.74) is 2.91. The molecule has 0 saturated carbocycles. The van der Waals surface area contributed by atoms with Crippen LogP contribution in [0.2, 0.25) is 0 Å². The monoisotopic (exact) mass is 341 g/mol. The van der Waals surface area contributed by atoms with Gasteiger partial charge in [0.1, 0.15) is 11.9 Å². The maximum Gasteiger partial charge on any atom is 0.321 e. The van der Waals surface area contributed by atoms with Gasteiger partial charge in [-0.15, -0.1) is 0 Å². The number of carbonyl (C=O) groups excluding carboxylic acids is 2. The first-order valence-electron chi connectivity index (χ1n) is 8.46. The van der Waals surface area contributed by atoms with E-state index in [1.807, 2.05) is 44.2 Å². The number of nitrogens with one attached hydrogen (secondary N) is 2. The second-order valence-corrected chi connectivity index (χ2v) is 6.26. The second-order valence-electron chi connectivity index (χ2n) is 6.26. The molecule has 3 rings (SSSR count). The van der Waals surface area contributed by atoms with Crippen molar-refractivity contribution in [3.63, 3.8) is 0 Å². The topological polar surface area (TPSA) is 79.3 Å². The fourth-order valence-corrected chi connectivity index (χ4v) is 2.92. The van der Waals surface area contributed by atoms with Gasteiger partial charge in [0.25, 0.3) is 0 Å². The molecule has 25 heavy (non-hydrogen) atoms. The van der Waals surface area contributed by atoms with Crippen LogP contribution in [-0.2, 0) is 18.3 Å². The zero-order valence-corrected chi connectivity index (χ0v) is 14.7. The number of aryl methyl sites for hydroxylation is 3. The molecule has 1 atom stereocenters. The van der Waals surface area contributed by atoms with Crippen LogP contribution in [0.15, 0.2) is 30.3 Å². The van der Waals surface area contributed by atoms with Crippen LogP contribution < -0.4 is 15.5 Å². The Labute approximate surface area is 147 Å². The average Bonchev–Trinajstić information content (AvgIpc) is 3.12. The van der Waals surface area contributed by atoms with Gasteiger partial charge in [0.2, 0.25) is 5.91 Å². The summed E-state index contributed by atoms with van der Waals surface area (Å²) in [4.78, 5) is 26.5. The highest BCUT2D eigenvalue weighted by Crippen LogP contribution is 2.22. The van der Waals surface area contributed by atoms with E-state index in [-0.39, 0.29) is 5.91 Å². The van der Waals surface area contributed by atoms with Gasteiger partial charge >= 0.3 is 6.03 Å². The molecular weight excluding hydrogens is 318 g/mol. The van der Waals surface area contributed by atoms with Gasteiger partial charge in [0.05, 0.1) is 5.69 Å². The molecule has 0 aliphatic carbocycles. The van der Waals surface area contributed by atoms with E-state index in [1.165, 1.54) is 0 Å². The Bertz CT molecular complexity index is 781. The Hall–Kier alpha value is -2.83. The Balaban J connectivity index is 1.61. The molecule has 2 N–H and O–H groups in total. The van der Waals surface area contributed by atoms with Crippen LogP contribution in [0.4, 0.5) is 16.3 Å². The molecule has 2 aromatic rings. The fourth-order valence-electron chi connectivity index (χ4n) is 2.92. The smallest absolute Gasteiger partial charge is 0.321 e. The lowest BCUT2D eigenvalue weighted by molar-refractivity contribution is -0.118. The number of aromatic nitrogens is 2. The molecule has 7 heteroatoms. The number of rotatable bonds is 4. The number of hydrogen-bond acceptors (Lipinski definition) is 3. The molecular formula is C18H23N5O2. The van der Waals surface area contributed by atoms with E-state index in [4.69, 9.17) is 0 Å². The minimum absolute atomic E-state index is 0.0849. The van der Waals surface area contributed by atoms with Crippen molar-refractivity contribution in [3.8, 4) is 0 Å². The van der Waals surface area contributed by atoms with Gasteiger partial charge in [-0.25, -0.2) is 4.79 Å². The van der Waals surface area contributed by atoms with Crippen LogP contribution >= 0.6 is 0 Å². The number of urea groups is 1. The summed E-state index contributed by atoms with van der Waals surface area (Å²) in [5.74, 6) is 0.522. The number of anilines is 2. The van der Waals surface area contributed by atoms with Gasteiger partial charge in [-0.3, -0.25) is 14.8 Å². The van der Waals surface area contributed by atoms with Crippen LogP contribution in [0.5, 0.6) is 0 Å². The Morgan fingerprint density at radius 1 is 1.32 bits per heavy atom. The van der Waals surface area contributed by atoms with Gasteiger partial charge in [-0.2, -0.15) is 5.10 Å². The van der Waals surface area contributed by atoms with Crippen LogP contribution in [0, 0.1) is 6.92 Å². The molecule has 1 fully saturated rings. The molecule has 1 aliphatic rings. The third-order valence-electron chi connectivity index (χ3n) is 4.39. The molecule has 0 radical (unpaired) electrons. The van der Waals surface area contributed by atoms with Gasteiger partial charge in [0.15, 0.2) is 0 Å². The lowest BCUT2D eigenvalue weighted by Crippen LogP contribution is -2.43. The van der Waals surface area contributed by atoms with Gasteiger partial charge in [-0.1, -0.05) is 24.6 Å². The molecule has 0 spiro atoms. The molecule has 0 bridgehead atoms. The van der Waals surface area contributed by atoms with E-state index in [0.29, 0.717) is 18.8 Å². The van der Waals surface area contributed by atoms with Crippen LogP contribution in [0.3, 0.4) is 0 Å². The van der Waals surface area contributed by atoms with E-state index in [9.17, 15) is 9.59 Å². The van der Waals surface area contributed by atoms with E-state index >= 15 is 0 Å². The molecule has 1 aromatic carbocycles. The summed E-state index contributed by atoms with van der Waals surface area (Å²) in [6, 6.07) is 8.73. The third kappa shape index (κ3) is 3.65. The number of amides is 3. The standard InChI is InChI=1S/C18H23N5O2/c1-4-13-11-16(22(3)21-13)20-18(25)19-15-9-10-23(17(15)24)14-7-5-12(2)6-8-14/h5-8,11,15H,4,9-10H2,1-3H3,(H2,19,20,25). The van der Waals surface area contributed by atoms with Crippen molar-refractivity contribution in [1.29, 1.82) is 0 Å². The summed E-state index contributed by atoms with van der Waals surface area (Å²) in [7, 11) is 1.77. The molecule has 1 saturated heterocycles. The van der Waals surface area contributed by atoms with Gasteiger partial charge < -0.3 is 10.2 Å². The number of nitrogens with zero attached hydrogens (tertiary/aromatic N) is 3. The van der Waals surface area contributed by atoms with E-state index in [2.05, 4.69) is 15.7 Å². The van der Waals surface area contributed by atoms with Crippen molar-refractivity contribution in [2.45, 2.75) is 32.7 Å². The first kappa shape index (κ1) is 17.0. The quantitative estimate of drug-likeness (QED) is 0.895. The summed E-state index contributed by atoms with van der Waals surface area (Å²) < 4.78 is 1.62. The number of hydrogen-bond donors (Lipinski definition) is 2. The summed E-state index contributed by atoms with van der Waals surface area (Å²) in [5, 5.41) is 9.80. The van der Waals surface area contributed by atoms with Crippen molar-refractivity contribution in [3.05, 3.63) is 41.6 Å². The van der Waals surface area contributed by atoms with E-state index < -0.39 is 12.1 Å². The first-order chi connectivity index (χ1) is 12.0. The largest absolute Gasteiger partial charge is 0.326 e. The van der Waals surface area contributed by atoms with E-state index in [0.717, 1.165) is 23.4 Å². The second kappa shape index (κ2) is 6.96. The molecule has 1 aromatic heterocycles. The van der Waals surface area contributed by atoms with Crippen LogP contribution in [0.25, 0.3) is 0 Å². The summed E-state index contributed by atoms with van der Waals surface area (Å²) >= 11 is 0. The lowest BCUT2D eigenvalue weighted by atomic mass is 10.2. The summed E-state index contributed by atoms with van der Waals surface area (Å²) in [6.45, 7) is 4.61. The van der Waals surface area contributed by atoms with Crippen molar-refractivity contribution in [2.75, 3.05) is 16.8 Å². The molecule has 3 amide bonds. The van der Waals surface area contributed by atoms with Crippen molar-refractivity contribution >= 4 is 23.4 Å². The maximum atomic E-state index is 12.6. The predicted octanol–water partition coefficient (Wildman–Crippen LogP) is 2.22. The lowest BCUT2D eigenvalue weighted by Gasteiger charge is -2.17. The highest BCUT2D eigenvalue weighted by atomic mass is 16.2. The number of carbonyl (C=O) groups is 2. The molecule has 1 aliphatic heterocycles. The minimum Gasteiger partial charge on any atom is -0.326 e. The van der Waals surface area contributed by atoms with Crippen LogP contribution in [0.1, 0.15) is 24.6 Å². The molecule has 2 heterocycles. The minimum atomic E-state index is -0.514. The normalized spacial score (nSPS) is 17.0. The maximum absolute atomic E-state index is 12.6. The van der Waals surface area contributed by atoms with Crippen molar-refractivity contribution in [1.82, 2.24) is 15.1 Å². The van der Waals surface area contributed by atoms with Crippen molar-refractivity contribution < 1.29 is 9.59 Å². The molecule has 132 valence electrons. The Morgan fingerprint density at radius 3 is 2.68 bits per heavy atom. The predicted molar refractivity (Wildman–Crippen MR) is 96.7 cm³/mol. The van der Waals surface area contributed by atoms with Gasteiger partial charge in [0, 0.05) is 25.3 Å². The zero-order chi connectivity index (χ0) is 18.0. The van der Waals surface area contributed by atoms with Crippen molar-refractivity contribution in [2.24, 2.45) is 7.05 Å². The first-order valence-corrected chi connectivity index (χ1v) is 8.46. The summed E-state index contributed by atoms with van der Waals surface area (Å²) in [6.07, 6.45) is 1.38. The average molecular weight is 341 g/mol.